The summed E-state index contributed by atoms with van der Waals surface area (Å²) in [5.41, 5.74) is 3.20. The molecule has 31 heavy (non-hydrogen) atoms. The molecule has 0 fully saturated rings. The molecule has 2 aliphatic carbocycles. The van der Waals surface area contributed by atoms with Crippen molar-refractivity contribution < 1.29 is 4.79 Å². The Kier molecular flexibility index (Phi) is 5.76. The molecule has 0 spiro atoms. The van der Waals surface area contributed by atoms with Gasteiger partial charge in [0.25, 0.3) is 0 Å². The predicted molar refractivity (Wildman–Crippen MR) is 128 cm³/mol. The van der Waals surface area contributed by atoms with Crippen molar-refractivity contribution in [2.24, 2.45) is 5.92 Å². The third kappa shape index (κ3) is 3.99. The van der Waals surface area contributed by atoms with Gasteiger partial charge < -0.3 is 5.32 Å². The van der Waals surface area contributed by atoms with Crippen molar-refractivity contribution in [2.75, 3.05) is 11.1 Å². The zero-order chi connectivity index (χ0) is 21.5. The number of nitriles is 1. The van der Waals surface area contributed by atoms with Crippen molar-refractivity contribution in [1.82, 2.24) is 9.97 Å². The van der Waals surface area contributed by atoms with E-state index in [0.717, 1.165) is 58.7 Å². The standard InChI is InChI=1S/C23H24N4OS3/c1-12-7-8-14-16(10-24)21(31-18(14)9-12)27-19(28)11-29-22-20-15-5-3-4-6-17(15)30-23(20)26-13(2)25-22/h12H,3-9,11H2,1-2H3,(H,27,28)/t12-/m0/s1. The SMILES string of the molecule is Cc1nc(SCC(=O)Nc2sc3c(c2C#N)CC[C@H](C)C3)c2c3c(sc2n1)CCCC3. The minimum Gasteiger partial charge on any atom is -0.316 e. The van der Waals surface area contributed by atoms with Crippen LogP contribution in [0.1, 0.15) is 58.5 Å². The number of aromatic nitrogens is 2. The second kappa shape index (κ2) is 8.53. The molecule has 1 amide bonds. The zero-order valence-corrected chi connectivity index (χ0v) is 20.2. The van der Waals surface area contributed by atoms with Crippen LogP contribution in [0, 0.1) is 24.2 Å². The van der Waals surface area contributed by atoms with Gasteiger partial charge in [0, 0.05) is 15.1 Å². The van der Waals surface area contributed by atoms with Crippen LogP contribution in [-0.2, 0) is 30.5 Å². The Morgan fingerprint density at radius 1 is 1.19 bits per heavy atom. The molecule has 0 radical (unpaired) electrons. The molecule has 5 nitrogen and oxygen atoms in total. The zero-order valence-electron chi connectivity index (χ0n) is 17.7. The van der Waals surface area contributed by atoms with Crippen LogP contribution in [0.4, 0.5) is 5.00 Å². The molecule has 160 valence electrons. The molecule has 0 bridgehead atoms. The van der Waals surface area contributed by atoms with Crippen molar-refractivity contribution in [3.8, 4) is 6.07 Å². The number of aryl methyl sites for hydroxylation is 3. The van der Waals surface area contributed by atoms with E-state index >= 15 is 0 Å². The average Bonchev–Trinajstić information content (AvgIpc) is 3.28. The van der Waals surface area contributed by atoms with Gasteiger partial charge in [-0.05, 0) is 68.9 Å². The van der Waals surface area contributed by atoms with Gasteiger partial charge in [-0.15, -0.1) is 22.7 Å². The Balaban J connectivity index is 1.36. The monoisotopic (exact) mass is 468 g/mol. The fourth-order valence-corrected chi connectivity index (χ4v) is 8.23. The largest absolute Gasteiger partial charge is 0.316 e. The maximum absolute atomic E-state index is 12.8. The van der Waals surface area contributed by atoms with Crippen LogP contribution in [0.5, 0.6) is 0 Å². The fourth-order valence-electron chi connectivity index (χ4n) is 4.58. The summed E-state index contributed by atoms with van der Waals surface area (Å²) in [4.78, 5) is 25.9. The van der Waals surface area contributed by atoms with Crippen molar-refractivity contribution >= 4 is 55.6 Å². The van der Waals surface area contributed by atoms with Gasteiger partial charge in [0.05, 0.1) is 11.3 Å². The van der Waals surface area contributed by atoms with Crippen LogP contribution < -0.4 is 5.32 Å². The molecule has 8 heteroatoms. The number of fused-ring (bicyclic) bond motifs is 4. The highest BCUT2D eigenvalue weighted by atomic mass is 32.2. The Hall–Kier alpha value is -1.95. The van der Waals surface area contributed by atoms with Crippen LogP contribution in [0.3, 0.4) is 0 Å². The number of carbonyl (C=O) groups is 1. The molecule has 3 heterocycles. The lowest BCUT2D eigenvalue weighted by Gasteiger charge is -2.17. The molecule has 0 aromatic carbocycles. The highest BCUT2D eigenvalue weighted by Gasteiger charge is 2.25. The topological polar surface area (TPSA) is 78.7 Å². The van der Waals surface area contributed by atoms with Gasteiger partial charge in [0.15, 0.2) is 0 Å². The van der Waals surface area contributed by atoms with E-state index < -0.39 is 0 Å². The lowest BCUT2D eigenvalue weighted by atomic mass is 9.89. The normalized spacial score (nSPS) is 17.8. The van der Waals surface area contributed by atoms with Gasteiger partial charge in [0.2, 0.25) is 5.91 Å². The summed E-state index contributed by atoms with van der Waals surface area (Å²) in [5.74, 6) is 1.58. The molecule has 0 unspecified atom stereocenters. The number of carbonyl (C=O) groups excluding carboxylic acids is 1. The van der Waals surface area contributed by atoms with Crippen LogP contribution in [-0.4, -0.2) is 21.6 Å². The van der Waals surface area contributed by atoms with E-state index in [2.05, 4.69) is 28.3 Å². The summed E-state index contributed by atoms with van der Waals surface area (Å²) in [6, 6.07) is 2.33. The first kappa shape index (κ1) is 20.9. The molecule has 0 saturated heterocycles. The molecule has 3 aromatic rings. The van der Waals surface area contributed by atoms with Crippen molar-refractivity contribution in [2.45, 2.75) is 63.8 Å². The van der Waals surface area contributed by atoms with E-state index in [9.17, 15) is 10.1 Å². The molecule has 5 rings (SSSR count). The number of thioether (sulfide) groups is 1. The molecule has 1 N–H and O–H groups in total. The van der Waals surface area contributed by atoms with Crippen LogP contribution >= 0.6 is 34.4 Å². The Bertz CT molecular complexity index is 1220. The number of hydrogen-bond donors (Lipinski definition) is 1. The van der Waals surface area contributed by atoms with Gasteiger partial charge in [-0.1, -0.05) is 18.7 Å². The minimum absolute atomic E-state index is 0.0818. The van der Waals surface area contributed by atoms with Crippen LogP contribution in [0.15, 0.2) is 5.03 Å². The summed E-state index contributed by atoms with van der Waals surface area (Å²) >= 11 is 4.85. The van der Waals surface area contributed by atoms with Crippen LogP contribution in [0.2, 0.25) is 0 Å². The summed E-state index contributed by atoms with van der Waals surface area (Å²) in [7, 11) is 0. The first-order chi connectivity index (χ1) is 15.0. The minimum atomic E-state index is -0.0818. The summed E-state index contributed by atoms with van der Waals surface area (Å²) in [6.45, 7) is 4.16. The highest BCUT2D eigenvalue weighted by Crippen LogP contribution is 2.41. The van der Waals surface area contributed by atoms with Gasteiger partial charge in [-0.25, -0.2) is 9.97 Å². The van der Waals surface area contributed by atoms with Crippen LogP contribution in [0.25, 0.3) is 10.2 Å². The van der Waals surface area contributed by atoms with E-state index in [4.69, 9.17) is 0 Å². The second-order valence-electron chi connectivity index (χ2n) is 8.47. The predicted octanol–water partition coefficient (Wildman–Crippen LogP) is 5.67. The highest BCUT2D eigenvalue weighted by molar-refractivity contribution is 8.00. The maximum atomic E-state index is 12.8. The number of rotatable bonds is 4. The maximum Gasteiger partial charge on any atom is 0.235 e. The smallest absolute Gasteiger partial charge is 0.235 e. The molecular weight excluding hydrogens is 444 g/mol. The molecular formula is C23H24N4OS3. The lowest BCUT2D eigenvalue weighted by Crippen LogP contribution is -2.14. The number of thiophene rings is 2. The summed E-state index contributed by atoms with van der Waals surface area (Å²) < 4.78 is 0. The first-order valence-corrected chi connectivity index (χ1v) is 13.4. The van der Waals surface area contributed by atoms with E-state index in [0.29, 0.717) is 16.5 Å². The lowest BCUT2D eigenvalue weighted by molar-refractivity contribution is -0.113. The number of hydrogen-bond acceptors (Lipinski definition) is 7. The first-order valence-electron chi connectivity index (χ1n) is 10.8. The molecule has 3 aromatic heterocycles. The Morgan fingerprint density at radius 2 is 2.03 bits per heavy atom. The van der Waals surface area contributed by atoms with E-state index in [1.807, 2.05) is 6.92 Å². The molecule has 0 aliphatic heterocycles. The number of nitrogens with zero attached hydrogens (tertiary/aromatic N) is 3. The third-order valence-corrected chi connectivity index (χ3v) is 9.44. The van der Waals surface area contributed by atoms with Gasteiger partial charge in [-0.3, -0.25) is 4.79 Å². The number of anilines is 1. The second-order valence-corrected chi connectivity index (χ2v) is 11.6. The summed E-state index contributed by atoms with van der Waals surface area (Å²) in [5, 5.41) is 15.5. The van der Waals surface area contributed by atoms with Crippen molar-refractivity contribution in [3.63, 3.8) is 0 Å². The quantitative estimate of drug-likeness (QED) is 0.394. The third-order valence-electron chi connectivity index (χ3n) is 6.11. The van der Waals surface area contributed by atoms with Gasteiger partial charge >= 0.3 is 0 Å². The Labute approximate surface area is 194 Å². The van der Waals surface area contributed by atoms with Crippen molar-refractivity contribution in [1.29, 1.82) is 5.26 Å². The fraction of sp³-hybridized carbons (Fsp3) is 0.478. The van der Waals surface area contributed by atoms with E-state index in [-0.39, 0.29) is 11.7 Å². The molecule has 0 saturated carbocycles. The van der Waals surface area contributed by atoms with Gasteiger partial charge in [0.1, 0.15) is 26.8 Å². The van der Waals surface area contributed by atoms with Crippen molar-refractivity contribution in [3.05, 3.63) is 32.3 Å². The molecule has 2 aliphatic rings. The van der Waals surface area contributed by atoms with E-state index in [1.54, 1.807) is 22.7 Å². The van der Waals surface area contributed by atoms with Gasteiger partial charge in [-0.2, -0.15) is 5.26 Å². The average molecular weight is 469 g/mol. The molecule has 1 atom stereocenters. The Morgan fingerprint density at radius 3 is 2.87 bits per heavy atom. The van der Waals surface area contributed by atoms with E-state index in [1.165, 1.54) is 39.9 Å². The summed E-state index contributed by atoms with van der Waals surface area (Å²) in [6.07, 6.45) is 7.68. The number of amides is 1. The number of nitrogens with one attached hydrogen (secondary N) is 1.